The highest BCUT2D eigenvalue weighted by molar-refractivity contribution is 5.50. The number of anilines is 2. The predicted molar refractivity (Wildman–Crippen MR) is 68.4 cm³/mol. The van der Waals surface area contributed by atoms with Crippen LogP contribution in [0.1, 0.15) is 19.3 Å². The van der Waals surface area contributed by atoms with Crippen molar-refractivity contribution in [2.45, 2.75) is 25.3 Å². The van der Waals surface area contributed by atoms with E-state index in [4.69, 9.17) is 5.11 Å². The average molecular weight is 236 g/mol. The number of rotatable bonds is 5. The maximum absolute atomic E-state index is 8.92. The van der Waals surface area contributed by atoms with Crippen LogP contribution in [0.25, 0.3) is 0 Å². The molecule has 0 aromatic carbocycles. The van der Waals surface area contributed by atoms with E-state index in [0.717, 1.165) is 11.6 Å². The van der Waals surface area contributed by atoms with Crippen LogP contribution in [0.5, 0.6) is 0 Å². The van der Waals surface area contributed by atoms with Gasteiger partial charge in [-0.05, 0) is 19.3 Å². The Morgan fingerprint density at radius 3 is 2.59 bits per heavy atom. The smallest absolute Gasteiger partial charge is 0.134 e. The Hall–Kier alpha value is -1.36. The highest BCUT2D eigenvalue weighted by Crippen LogP contribution is 2.27. The molecule has 1 aliphatic carbocycles. The van der Waals surface area contributed by atoms with E-state index in [0.29, 0.717) is 12.6 Å². The Morgan fingerprint density at radius 2 is 2.00 bits per heavy atom. The van der Waals surface area contributed by atoms with E-state index in [-0.39, 0.29) is 6.61 Å². The summed E-state index contributed by atoms with van der Waals surface area (Å²) in [6.45, 7) is 0.720. The van der Waals surface area contributed by atoms with Crippen molar-refractivity contribution >= 4 is 11.6 Å². The van der Waals surface area contributed by atoms with Gasteiger partial charge in [-0.15, -0.1) is 0 Å². The molecule has 17 heavy (non-hydrogen) atoms. The van der Waals surface area contributed by atoms with Crippen LogP contribution >= 0.6 is 0 Å². The van der Waals surface area contributed by atoms with Gasteiger partial charge in [-0.25, -0.2) is 9.97 Å². The largest absolute Gasteiger partial charge is 0.395 e. The first kappa shape index (κ1) is 12.1. The van der Waals surface area contributed by atoms with E-state index in [2.05, 4.69) is 21.9 Å². The minimum atomic E-state index is 0.133. The maximum Gasteiger partial charge on any atom is 0.134 e. The van der Waals surface area contributed by atoms with Gasteiger partial charge in [0.2, 0.25) is 0 Å². The van der Waals surface area contributed by atoms with Crippen molar-refractivity contribution < 1.29 is 5.11 Å². The lowest BCUT2D eigenvalue weighted by molar-refractivity contribution is 0.304. The van der Waals surface area contributed by atoms with E-state index < -0.39 is 0 Å². The summed E-state index contributed by atoms with van der Waals surface area (Å²) in [5, 5.41) is 8.92. The van der Waals surface area contributed by atoms with E-state index in [1.165, 1.54) is 19.3 Å². The first-order chi connectivity index (χ1) is 8.22. The number of hydrogen-bond donors (Lipinski definition) is 1. The zero-order valence-electron chi connectivity index (χ0n) is 10.5. The van der Waals surface area contributed by atoms with Gasteiger partial charge >= 0.3 is 0 Å². The molecule has 1 aromatic rings. The minimum Gasteiger partial charge on any atom is -0.395 e. The van der Waals surface area contributed by atoms with Crippen molar-refractivity contribution in [3.05, 3.63) is 12.4 Å². The van der Waals surface area contributed by atoms with Gasteiger partial charge < -0.3 is 14.9 Å². The quantitative estimate of drug-likeness (QED) is 0.823. The van der Waals surface area contributed by atoms with Crippen LogP contribution in [0.2, 0.25) is 0 Å². The number of aliphatic hydroxyl groups is 1. The third-order valence-electron chi connectivity index (χ3n) is 3.45. The molecule has 94 valence electrons. The van der Waals surface area contributed by atoms with Gasteiger partial charge in [-0.1, -0.05) is 0 Å². The third kappa shape index (κ3) is 2.66. The molecule has 0 amide bonds. The van der Waals surface area contributed by atoms with Crippen molar-refractivity contribution in [2.24, 2.45) is 0 Å². The minimum absolute atomic E-state index is 0.133. The van der Waals surface area contributed by atoms with Gasteiger partial charge in [0.15, 0.2) is 0 Å². The van der Waals surface area contributed by atoms with Gasteiger partial charge in [0.1, 0.15) is 18.0 Å². The fourth-order valence-corrected chi connectivity index (χ4v) is 1.96. The zero-order chi connectivity index (χ0) is 12.3. The molecule has 1 saturated carbocycles. The average Bonchev–Trinajstić information content (AvgIpc) is 2.27. The second-order valence-electron chi connectivity index (χ2n) is 4.58. The molecule has 0 radical (unpaired) electrons. The predicted octanol–water partition coefficient (Wildman–Crippen LogP) is 0.894. The molecular weight excluding hydrogens is 216 g/mol. The normalized spacial score (nSPS) is 15.5. The van der Waals surface area contributed by atoms with Crippen LogP contribution in [0, 0.1) is 0 Å². The van der Waals surface area contributed by atoms with Crippen LogP contribution in [-0.4, -0.2) is 48.4 Å². The van der Waals surface area contributed by atoms with Crippen molar-refractivity contribution in [1.82, 2.24) is 9.97 Å². The van der Waals surface area contributed by atoms with E-state index in [1.807, 2.05) is 18.0 Å². The number of likely N-dealkylation sites (N-methyl/N-ethyl adjacent to an activating group) is 1. The topological polar surface area (TPSA) is 52.5 Å². The summed E-state index contributed by atoms with van der Waals surface area (Å²) in [5.74, 6) is 1.82. The third-order valence-corrected chi connectivity index (χ3v) is 3.45. The Labute approximate surface area is 102 Å². The Morgan fingerprint density at radius 1 is 1.29 bits per heavy atom. The lowest BCUT2D eigenvalue weighted by atomic mass is 9.92. The lowest BCUT2D eigenvalue weighted by Crippen LogP contribution is -2.37. The monoisotopic (exact) mass is 236 g/mol. The molecule has 0 atom stereocenters. The van der Waals surface area contributed by atoms with Gasteiger partial charge in [-0.3, -0.25) is 0 Å². The number of aliphatic hydroxyl groups excluding tert-OH is 1. The molecule has 1 heterocycles. The van der Waals surface area contributed by atoms with E-state index >= 15 is 0 Å². The molecule has 0 bridgehead atoms. The van der Waals surface area contributed by atoms with Crippen molar-refractivity contribution in [2.75, 3.05) is 37.0 Å². The molecule has 0 unspecified atom stereocenters. The second-order valence-corrected chi connectivity index (χ2v) is 4.58. The van der Waals surface area contributed by atoms with Crippen molar-refractivity contribution in [3.63, 3.8) is 0 Å². The second kappa shape index (κ2) is 5.31. The first-order valence-electron chi connectivity index (χ1n) is 6.09. The molecule has 2 rings (SSSR count). The molecule has 1 aromatic heterocycles. The Kier molecular flexibility index (Phi) is 3.78. The van der Waals surface area contributed by atoms with Crippen LogP contribution < -0.4 is 9.80 Å². The maximum atomic E-state index is 8.92. The van der Waals surface area contributed by atoms with Crippen molar-refractivity contribution in [3.8, 4) is 0 Å². The summed E-state index contributed by atoms with van der Waals surface area (Å²) in [6.07, 6.45) is 5.41. The molecular formula is C12H20N4O. The molecule has 0 saturated heterocycles. The van der Waals surface area contributed by atoms with Crippen LogP contribution in [0.4, 0.5) is 11.6 Å². The summed E-state index contributed by atoms with van der Waals surface area (Å²) < 4.78 is 0. The highest BCUT2D eigenvalue weighted by atomic mass is 16.3. The fraction of sp³-hybridized carbons (Fsp3) is 0.667. The lowest BCUT2D eigenvalue weighted by Gasteiger charge is -2.35. The fourth-order valence-electron chi connectivity index (χ4n) is 1.96. The summed E-state index contributed by atoms with van der Waals surface area (Å²) in [4.78, 5) is 12.7. The highest BCUT2D eigenvalue weighted by Gasteiger charge is 2.23. The molecule has 0 spiro atoms. The zero-order valence-corrected chi connectivity index (χ0v) is 10.5. The summed E-state index contributed by atoms with van der Waals surface area (Å²) in [5.41, 5.74) is 0. The number of nitrogens with zero attached hydrogens (tertiary/aromatic N) is 4. The van der Waals surface area contributed by atoms with Gasteiger partial charge in [0.25, 0.3) is 0 Å². The van der Waals surface area contributed by atoms with Crippen molar-refractivity contribution in [1.29, 1.82) is 0 Å². The molecule has 0 aliphatic heterocycles. The molecule has 1 fully saturated rings. The van der Waals surface area contributed by atoms with Crippen LogP contribution in [0.15, 0.2) is 12.4 Å². The molecule has 5 heteroatoms. The Balaban J connectivity index is 2.09. The Bertz CT molecular complexity index is 367. The van der Waals surface area contributed by atoms with Crippen LogP contribution in [0.3, 0.4) is 0 Å². The number of aromatic nitrogens is 2. The summed E-state index contributed by atoms with van der Waals surface area (Å²) in [6, 6.07) is 2.61. The SMILES string of the molecule is CN(CCO)c1cc(N(C)C2CCC2)ncn1. The summed E-state index contributed by atoms with van der Waals surface area (Å²) in [7, 11) is 4.01. The van der Waals surface area contributed by atoms with Crippen LogP contribution in [-0.2, 0) is 0 Å². The van der Waals surface area contributed by atoms with Gasteiger partial charge in [0, 0.05) is 32.7 Å². The standard InChI is InChI=1S/C12H20N4O/c1-15(6-7-17)11-8-12(14-9-13-11)16(2)10-4-3-5-10/h8-10,17H,3-7H2,1-2H3. The summed E-state index contributed by atoms with van der Waals surface area (Å²) >= 11 is 0. The molecule has 5 nitrogen and oxygen atoms in total. The van der Waals surface area contributed by atoms with E-state index in [9.17, 15) is 0 Å². The van der Waals surface area contributed by atoms with E-state index in [1.54, 1.807) is 6.33 Å². The van der Waals surface area contributed by atoms with Gasteiger partial charge in [-0.2, -0.15) is 0 Å². The van der Waals surface area contributed by atoms with Gasteiger partial charge in [0.05, 0.1) is 6.61 Å². The molecule has 1 N–H and O–H groups in total. The first-order valence-corrected chi connectivity index (χ1v) is 6.09. The molecule has 1 aliphatic rings. The number of hydrogen-bond acceptors (Lipinski definition) is 5.